The molecule has 3 aromatic rings. The molecule has 0 bridgehead atoms. The van der Waals surface area contributed by atoms with Gasteiger partial charge in [0, 0.05) is 11.9 Å². The molecule has 2 heterocycles. The van der Waals surface area contributed by atoms with Crippen LogP contribution in [0.15, 0.2) is 53.2 Å². The van der Waals surface area contributed by atoms with Crippen LogP contribution in [0.1, 0.15) is 5.89 Å². The predicted molar refractivity (Wildman–Crippen MR) is 76.3 cm³/mol. The highest BCUT2D eigenvalue weighted by molar-refractivity contribution is 6.32. The Hall–Kier alpha value is -2.40. The van der Waals surface area contributed by atoms with Crippen LogP contribution in [0, 0.1) is 0 Å². The van der Waals surface area contributed by atoms with Gasteiger partial charge in [-0.15, -0.1) is 0 Å². The minimum atomic E-state index is 0.389. The average Bonchev–Trinajstić information content (AvgIpc) is 2.95. The second kappa shape index (κ2) is 5.71. The van der Waals surface area contributed by atoms with E-state index in [1.54, 1.807) is 18.3 Å². The molecule has 1 N–H and O–H groups in total. The van der Waals surface area contributed by atoms with E-state index < -0.39 is 0 Å². The van der Waals surface area contributed by atoms with E-state index in [2.05, 4.69) is 20.4 Å². The molecule has 3 rings (SSSR count). The fourth-order valence-corrected chi connectivity index (χ4v) is 1.91. The van der Waals surface area contributed by atoms with Crippen LogP contribution >= 0.6 is 11.6 Å². The number of halogens is 1. The van der Waals surface area contributed by atoms with Crippen molar-refractivity contribution < 1.29 is 4.52 Å². The van der Waals surface area contributed by atoms with Crippen molar-refractivity contribution in [2.24, 2.45) is 0 Å². The topological polar surface area (TPSA) is 63.8 Å². The molecule has 2 aromatic heterocycles. The number of para-hydroxylation sites is 1. The van der Waals surface area contributed by atoms with Gasteiger partial charge < -0.3 is 9.84 Å². The molecule has 0 saturated heterocycles. The van der Waals surface area contributed by atoms with Crippen molar-refractivity contribution in [2.45, 2.75) is 6.54 Å². The number of nitrogens with zero attached hydrogens (tertiary/aromatic N) is 3. The lowest BCUT2D eigenvalue weighted by Gasteiger charge is -2.01. The minimum Gasteiger partial charge on any atom is -0.376 e. The quantitative estimate of drug-likeness (QED) is 0.796. The van der Waals surface area contributed by atoms with E-state index in [9.17, 15) is 0 Å². The maximum absolute atomic E-state index is 6.04. The maximum Gasteiger partial charge on any atom is 0.246 e. The van der Waals surface area contributed by atoms with Gasteiger partial charge in [-0.1, -0.05) is 35.0 Å². The lowest BCUT2D eigenvalue weighted by atomic mass is 10.3. The highest BCUT2D eigenvalue weighted by Gasteiger charge is 2.12. The van der Waals surface area contributed by atoms with E-state index in [0.29, 0.717) is 29.0 Å². The summed E-state index contributed by atoms with van der Waals surface area (Å²) >= 11 is 6.04. The van der Waals surface area contributed by atoms with E-state index >= 15 is 0 Å². The molecule has 20 heavy (non-hydrogen) atoms. The Bertz CT molecular complexity index is 699. The van der Waals surface area contributed by atoms with Crippen LogP contribution < -0.4 is 5.32 Å². The molecule has 0 atom stereocenters. The summed E-state index contributed by atoms with van der Waals surface area (Å²) < 4.78 is 5.17. The molecule has 0 spiro atoms. The van der Waals surface area contributed by atoms with Crippen molar-refractivity contribution in [3.05, 3.63) is 59.6 Å². The SMILES string of the molecule is Clc1cccnc1-c1noc(CNc2ccccc2)n1. The van der Waals surface area contributed by atoms with Crippen LogP contribution in [-0.4, -0.2) is 15.1 Å². The van der Waals surface area contributed by atoms with Gasteiger partial charge in [0.2, 0.25) is 11.7 Å². The summed E-state index contributed by atoms with van der Waals surface area (Å²) in [5.74, 6) is 0.867. The summed E-state index contributed by atoms with van der Waals surface area (Å²) in [5, 5.41) is 7.57. The van der Waals surface area contributed by atoms with Gasteiger partial charge in [-0.05, 0) is 24.3 Å². The Balaban J connectivity index is 1.73. The fraction of sp³-hybridized carbons (Fsp3) is 0.0714. The molecule has 1 aromatic carbocycles. The zero-order valence-corrected chi connectivity index (χ0v) is 11.2. The van der Waals surface area contributed by atoms with E-state index in [-0.39, 0.29) is 0 Å². The number of aromatic nitrogens is 3. The van der Waals surface area contributed by atoms with Crippen LogP contribution in [0.3, 0.4) is 0 Å². The van der Waals surface area contributed by atoms with Crippen LogP contribution in [-0.2, 0) is 6.54 Å². The first-order valence-corrected chi connectivity index (χ1v) is 6.43. The number of hydrogen-bond acceptors (Lipinski definition) is 5. The molecule has 0 aliphatic heterocycles. The average molecular weight is 287 g/mol. The summed E-state index contributed by atoms with van der Waals surface area (Å²) in [4.78, 5) is 8.41. The normalized spacial score (nSPS) is 10.4. The largest absolute Gasteiger partial charge is 0.376 e. The molecule has 0 aliphatic rings. The van der Waals surface area contributed by atoms with Gasteiger partial charge in [-0.25, -0.2) is 0 Å². The Kier molecular flexibility index (Phi) is 3.60. The summed E-state index contributed by atoms with van der Waals surface area (Å²) in [5.41, 5.74) is 1.51. The molecular weight excluding hydrogens is 276 g/mol. The molecule has 0 saturated carbocycles. The summed E-state index contributed by atoms with van der Waals surface area (Å²) in [7, 11) is 0. The fourth-order valence-electron chi connectivity index (χ4n) is 1.71. The van der Waals surface area contributed by atoms with Crippen LogP contribution in [0.2, 0.25) is 5.02 Å². The van der Waals surface area contributed by atoms with Crippen molar-refractivity contribution in [1.82, 2.24) is 15.1 Å². The molecule has 0 radical (unpaired) electrons. The smallest absolute Gasteiger partial charge is 0.246 e. The van der Waals surface area contributed by atoms with E-state index in [1.165, 1.54) is 0 Å². The first-order valence-electron chi connectivity index (χ1n) is 6.05. The number of rotatable bonds is 4. The van der Waals surface area contributed by atoms with E-state index in [0.717, 1.165) is 5.69 Å². The molecule has 0 unspecified atom stereocenters. The molecule has 6 heteroatoms. The number of hydrogen-bond donors (Lipinski definition) is 1. The van der Waals surface area contributed by atoms with Crippen molar-refractivity contribution in [2.75, 3.05) is 5.32 Å². The molecule has 0 amide bonds. The third-order valence-electron chi connectivity index (χ3n) is 2.66. The van der Waals surface area contributed by atoms with Crippen molar-refractivity contribution in [3.63, 3.8) is 0 Å². The number of anilines is 1. The lowest BCUT2D eigenvalue weighted by Crippen LogP contribution is -1.99. The van der Waals surface area contributed by atoms with Gasteiger partial charge in [-0.2, -0.15) is 4.98 Å². The van der Waals surface area contributed by atoms with Gasteiger partial charge in [0.15, 0.2) is 0 Å². The van der Waals surface area contributed by atoms with Crippen LogP contribution in [0.4, 0.5) is 5.69 Å². The van der Waals surface area contributed by atoms with E-state index in [4.69, 9.17) is 16.1 Å². The Morgan fingerprint density at radius 1 is 1.10 bits per heavy atom. The monoisotopic (exact) mass is 286 g/mol. The molecule has 0 fully saturated rings. The third-order valence-corrected chi connectivity index (χ3v) is 2.96. The summed E-state index contributed by atoms with van der Waals surface area (Å²) in [6.45, 7) is 0.446. The van der Waals surface area contributed by atoms with E-state index in [1.807, 2.05) is 30.3 Å². The Labute approximate surface area is 120 Å². The van der Waals surface area contributed by atoms with Crippen molar-refractivity contribution in [3.8, 4) is 11.5 Å². The zero-order valence-electron chi connectivity index (χ0n) is 10.5. The van der Waals surface area contributed by atoms with Gasteiger partial charge in [-0.3, -0.25) is 4.98 Å². The second-order valence-electron chi connectivity index (χ2n) is 4.07. The van der Waals surface area contributed by atoms with Crippen LogP contribution in [0.5, 0.6) is 0 Å². The van der Waals surface area contributed by atoms with Gasteiger partial charge in [0.1, 0.15) is 5.69 Å². The molecule has 0 aliphatic carbocycles. The standard InChI is InChI=1S/C14H11ClN4O/c15-11-7-4-8-16-13(11)14-18-12(20-19-14)9-17-10-5-2-1-3-6-10/h1-8,17H,9H2. The van der Waals surface area contributed by atoms with Gasteiger partial charge in [0.25, 0.3) is 0 Å². The zero-order chi connectivity index (χ0) is 13.8. The highest BCUT2D eigenvalue weighted by Crippen LogP contribution is 2.22. The second-order valence-corrected chi connectivity index (χ2v) is 4.47. The third kappa shape index (κ3) is 2.78. The Morgan fingerprint density at radius 3 is 2.75 bits per heavy atom. The predicted octanol–water partition coefficient (Wildman–Crippen LogP) is 3.40. The number of pyridine rings is 1. The number of benzene rings is 1. The molecule has 5 nitrogen and oxygen atoms in total. The Morgan fingerprint density at radius 2 is 1.95 bits per heavy atom. The summed E-state index contributed by atoms with van der Waals surface area (Å²) in [6.07, 6.45) is 1.64. The van der Waals surface area contributed by atoms with Gasteiger partial charge >= 0.3 is 0 Å². The van der Waals surface area contributed by atoms with Crippen molar-refractivity contribution in [1.29, 1.82) is 0 Å². The maximum atomic E-state index is 6.04. The lowest BCUT2D eigenvalue weighted by molar-refractivity contribution is 0.384. The molecule has 100 valence electrons. The molecular formula is C14H11ClN4O. The first kappa shape index (κ1) is 12.6. The van der Waals surface area contributed by atoms with Crippen molar-refractivity contribution >= 4 is 17.3 Å². The first-order chi connectivity index (χ1) is 9.83. The summed E-state index contributed by atoms with van der Waals surface area (Å²) in [6, 6.07) is 13.3. The van der Waals surface area contributed by atoms with Crippen LogP contribution in [0.25, 0.3) is 11.5 Å². The minimum absolute atomic E-state index is 0.389. The highest BCUT2D eigenvalue weighted by atomic mass is 35.5. The number of nitrogens with one attached hydrogen (secondary N) is 1. The van der Waals surface area contributed by atoms with Gasteiger partial charge in [0.05, 0.1) is 11.6 Å².